The van der Waals surface area contributed by atoms with E-state index in [0.717, 1.165) is 34.2 Å². The van der Waals surface area contributed by atoms with Crippen LogP contribution in [0.2, 0.25) is 0 Å². The van der Waals surface area contributed by atoms with Crippen LogP contribution in [0, 0.1) is 17.8 Å². The number of carbonyl (C=O) groups excluding carboxylic acids is 4. The molecular formula is C14H21NO7. The summed E-state index contributed by atoms with van der Waals surface area (Å²) in [5.41, 5.74) is 0. The van der Waals surface area contributed by atoms with Crippen molar-refractivity contribution in [3.8, 4) is 0 Å². The van der Waals surface area contributed by atoms with Crippen molar-refractivity contribution < 1.29 is 33.4 Å². The number of ether oxygens (including phenoxy) is 3. The molecule has 0 spiro atoms. The Morgan fingerprint density at radius 3 is 1.73 bits per heavy atom. The molecule has 2 atom stereocenters. The molecule has 1 N–H and O–H groups in total. The molecule has 1 aliphatic rings. The van der Waals surface area contributed by atoms with E-state index in [4.69, 9.17) is 0 Å². The Morgan fingerprint density at radius 2 is 1.36 bits per heavy atom. The van der Waals surface area contributed by atoms with Crippen molar-refractivity contribution in [2.24, 2.45) is 17.8 Å². The average molecular weight is 315 g/mol. The fourth-order valence-corrected chi connectivity index (χ4v) is 2.12. The number of hydrogen-bond donors (Lipinski definition) is 1. The Kier molecular flexibility index (Phi) is 6.33. The molecule has 22 heavy (non-hydrogen) atoms. The van der Waals surface area contributed by atoms with Gasteiger partial charge in [0.2, 0.25) is 5.91 Å². The molecule has 124 valence electrons. The van der Waals surface area contributed by atoms with E-state index in [2.05, 4.69) is 19.5 Å². The second kappa shape index (κ2) is 7.77. The molecule has 0 bridgehead atoms. The van der Waals surface area contributed by atoms with E-state index in [1.165, 1.54) is 6.92 Å². The fraction of sp³-hybridized carbons (Fsp3) is 0.714. The summed E-state index contributed by atoms with van der Waals surface area (Å²) in [4.78, 5) is 47.4. The number of methoxy groups -OCH3 is 3. The SMILES string of the molecule is COC(=O)C(C(=O)OC)[C@H](C)[C@@H](NC(=O)C1CC1)C(=O)OC. The van der Waals surface area contributed by atoms with E-state index in [-0.39, 0.29) is 11.8 Å². The van der Waals surface area contributed by atoms with Gasteiger partial charge in [-0.3, -0.25) is 14.4 Å². The van der Waals surface area contributed by atoms with Crippen molar-refractivity contribution in [3.63, 3.8) is 0 Å². The van der Waals surface area contributed by atoms with Crippen molar-refractivity contribution >= 4 is 23.8 Å². The summed E-state index contributed by atoms with van der Waals surface area (Å²) < 4.78 is 13.8. The van der Waals surface area contributed by atoms with Gasteiger partial charge in [-0.2, -0.15) is 0 Å². The largest absolute Gasteiger partial charge is 0.468 e. The zero-order valence-electron chi connectivity index (χ0n) is 13.1. The first kappa shape index (κ1) is 17.9. The van der Waals surface area contributed by atoms with E-state index >= 15 is 0 Å². The van der Waals surface area contributed by atoms with E-state index in [0.29, 0.717) is 0 Å². The van der Waals surface area contributed by atoms with Crippen LogP contribution in [-0.2, 0) is 33.4 Å². The molecule has 0 heterocycles. The van der Waals surface area contributed by atoms with Crippen molar-refractivity contribution in [3.05, 3.63) is 0 Å². The Bertz CT molecular complexity index is 442. The number of nitrogens with one attached hydrogen (secondary N) is 1. The van der Waals surface area contributed by atoms with Gasteiger partial charge >= 0.3 is 17.9 Å². The summed E-state index contributed by atoms with van der Waals surface area (Å²) in [5, 5.41) is 2.54. The van der Waals surface area contributed by atoms with Crippen LogP contribution in [0.1, 0.15) is 19.8 Å². The standard InChI is InChI=1S/C14H21NO7/c1-7(9(12(17)20-2)13(18)21-3)10(14(19)22-4)15-11(16)8-5-6-8/h7-10H,5-6H2,1-4H3,(H,15,16)/t7-,10+/m0/s1. The van der Waals surface area contributed by atoms with E-state index in [1.54, 1.807) is 0 Å². The van der Waals surface area contributed by atoms with Crippen LogP contribution in [-0.4, -0.2) is 51.2 Å². The Labute approximate surface area is 128 Å². The van der Waals surface area contributed by atoms with Crippen LogP contribution in [0.15, 0.2) is 0 Å². The smallest absolute Gasteiger partial charge is 0.328 e. The molecule has 1 rings (SSSR count). The highest BCUT2D eigenvalue weighted by Crippen LogP contribution is 2.30. The average Bonchev–Trinajstić information content (AvgIpc) is 3.35. The molecule has 0 unspecified atom stereocenters. The monoisotopic (exact) mass is 315 g/mol. The number of amides is 1. The first-order chi connectivity index (χ1) is 10.4. The fourth-order valence-electron chi connectivity index (χ4n) is 2.12. The molecule has 8 nitrogen and oxygen atoms in total. The number of rotatable bonds is 7. The summed E-state index contributed by atoms with van der Waals surface area (Å²) in [6.45, 7) is 1.48. The highest BCUT2D eigenvalue weighted by Gasteiger charge is 2.43. The lowest BCUT2D eigenvalue weighted by Gasteiger charge is -2.27. The van der Waals surface area contributed by atoms with Gasteiger partial charge in [-0.05, 0) is 12.8 Å². The molecule has 8 heteroatoms. The minimum atomic E-state index is -1.33. The first-order valence-corrected chi connectivity index (χ1v) is 6.91. The maximum Gasteiger partial charge on any atom is 0.328 e. The summed E-state index contributed by atoms with van der Waals surface area (Å²) in [6.07, 6.45) is 1.51. The second-order valence-corrected chi connectivity index (χ2v) is 5.17. The summed E-state index contributed by atoms with van der Waals surface area (Å²) in [7, 11) is 3.42. The van der Waals surface area contributed by atoms with Gasteiger partial charge < -0.3 is 19.5 Å². The predicted octanol–water partition coefficient (Wildman–Crippen LogP) is -0.347. The third-order valence-electron chi connectivity index (χ3n) is 3.66. The van der Waals surface area contributed by atoms with Gasteiger partial charge in [0.05, 0.1) is 21.3 Å². The van der Waals surface area contributed by atoms with Gasteiger partial charge in [0, 0.05) is 11.8 Å². The zero-order chi connectivity index (χ0) is 16.9. The van der Waals surface area contributed by atoms with Gasteiger partial charge in [-0.25, -0.2) is 4.79 Å². The summed E-state index contributed by atoms with van der Waals surface area (Å²) in [6, 6.07) is -1.14. The lowest BCUT2D eigenvalue weighted by molar-refractivity contribution is -0.163. The molecular weight excluding hydrogens is 294 g/mol. The molecule has 0 aromatic carbocycles. The highest BCUT2D eigenvalue weighted by atomic mass is 16.5. The third kappa shape index (κ3) is 4.19. The quantitative estimate of drug-likeness (QED) is 0.389. The van der Waals surface area contributed by atoms with Crippen molar-refractivity contribution in [1.29, 1.82) is 0 Å². The van der Waals surface area contributed by atoms with Crippen molar-refractivity contribution in [2.75, 3.05) is 21.3 Å². The van der Waals surface area contributed by atoms with Gasteiger partial charge in [0.15, 0.2) is 5.92 Å². The lowest BCUT2D eigenvalue weighted by Crippen LogP contribution is -2.51. The van der Waals surface area contributed by atoms with Gasteiger partial charge in [-0.15, -0.1) is 0 Å². The van der Waals surface area contributed by atoms with Crippen LogP contribution in [0.4, 0.5) is 0 Å². The first-order valence-electron chi connectivity index (χ1n) is 6.91. The highest BCUT2D eigenvalue weighted by molar-refractivity contribution is 5.96. The van der Waals surface area contributed by atoms with Crippen LogP contribution in [0.25, 0.3) is 0 Å². The van der Waals surface area contributed by atoms with Crippen molar-refractivity contribution in [1.82, 2.24) is 5.32 Å². The zero-order valence-corrected chi connectivity index (χ0v) is 13.1. The second-order valence-electron chi connectivity index (χ2n) is 5.17. The van der Waals surface area contributed by atoms with E-state index < -0.39 is 35.8 Å². The molecule has 1 fully saturated rings. The normalized spacial score (nSPS) is 16.4. The number of hydrogen-bond acceptors (Lipinski definition) is 7. The minimum absolute atomic E-state index is 0.131. The maximum atomic E-state index is 11.9. The van der Waals surface area contributed by atoms with Crippen LogP contribution in [0.5, 0.6) is 0 Å². The van der Waals surface area contributed by atoms with Crippen LogP contribution in [0.3, 0.4) is 0 Å². The summed E-state index contributed by atoms with van der Waals surface area (Å²) in [5.74, 6) is -5.06. The predicted molar refractivity (Wildman–Crippen MR) is 73.4 cm³/mol. The molecule has 0 aliphatic heterocycles. The molecule has 0 saturated heterocycles. The van der Waals surface area contributed by atoms with Crippen molar-refractivity contribution in [2.45, 2.75) is 25.8 Å². The van der Waals surface area contributed by atoms with E-state index in [9.17, 15) is 19.2 Å². The van der Waals surface area contributed by atoms with E-state index in [1.807, 2.05) is 0 Å². The Morgan fingerprint density at radius 1 is 0.909 bits per heavy atom. The maximum absolute atomic E-state index is 11.9. The van der Waals surface area contributed by atoms with Gasteiger partial charge in [0.25, 0.3) is 0 Å². The van der Waals surface area contributed by atoms with Crippen LogP contribution < -0.4 is 5.32 Å². The third-order valence-corrected chi connectivity index (χ3v) is 3.66. The number of carbonyl (C=O) groups is 4. The Balaban J connectivity index is 2.97. The summed E-state index contributed by atoms with van der Waals surface area (Å²) >= 11 is 0. The molecule has 0 aromatic rings. The molecule has 0 aromatic heterocycles. The molecule has 1 aliphatic carbocycles. The molecule has 1 saturated carbocycles. The minimum Gasteiger partial charge on any atom is -0.468 e. The molecule has 1 amide bonds. The lowest BCUT2D eigenvalue weighted by atomic mass is 9.87. The van der Waals surface area contributed by atoms with Gasteiger partial charge in [-0.1, -0.05) is 6.92 Å². The Hall–Kier alpha value is -2.12. The van der Waals surface area contributed by atoms with Crippen LogP contribution >= 0.6 is 0 Å². The molecule has 0 radical (unpaired) electrons. The topological polar surface area (TPSA) is 108 Å². The van der Waals surface area contributed by atoms with Gasteiger partial charge in [0.1, 0.15) is 6.04 Å². The number of esters is 3.